The van der Waals surface area contributed by atoms with Crippen molar-refractivity contribution >= 4 is 18.4 Å². The summed E-state index contributed by atoms with van der Waals surface area (Å²) in [4.78, 5) is 0. The second-order valence-corrected chi connectivity index (χ2v) is 6.28. The van der Waals surface area contributed by atoms with Crippen LogP contribution in [0.4, 0.5) is 0 Å². The third-order valence-corrected chi connectivity index (χ3v) is 4.59. The Balaban J connectivity index is 2.27. The monoisotopic (exact) mass is 244 g/mol. The molecule has 0 N–H and O–H groups in total. The highest BCUT2D eigenvalue weighted by molar-refractivity contribution is 7.61. The fraction of sp³-hybridized carbons (Fsp3) is 0.200. The van der Waals surface area contributed by atoms with Crippen LogP contribution in [0.1, 0.15) is 25.3 Å². The van der Waals surface area contributed by atoms with Crippen LogP contribution in [0.3, 0.4) is 0 Å². The average Bonchev–Trinajstić information content (AvgIpc) is 2.39. The van der Waals surface area contributed by atoms with Gasteiger partial charge in [0, 0.05) is 10.6 Å². The highest BCUT2D eigenvalue weighted by Crippen LogP contribution is 2.21. The minimum atomic E-state index is -1.84. The van der Waals surface area contributed by atoms with Gasteiger partial charge in [-0.2, -0.15) is 0 Å². The molecule has 2 rings (SSSR count). The van der Waals surface area contributed by atoms with Crippen LogP contribution in [0, 0.1) is 0 Å². The Morgan fingerprint density at radius 3 is 1.88 bits per heavy atom. The maximum absolute atomic E-state index is 12.3. The van der Waals surface area contributed by atoms with E-state index in [1.807, 2.05) is 42.5 Å². The minimum Gasteiger partial charge on any atom is -0.317 e. The summed E-state index contributed by atoms with van der Waals surface area (Å²) in [5.41, 5.74) is 1.29. The molecule has 0 saturated carbocycles. The van der Waals surface area contributed by atoms with E-state index in [0.717, 1.165) is 10.6 Å². The van der Waals surface area contributed by atoms with E-state index in [4.69, 9.17) is 0 Å². The molecule has 0 radical (unpaired) electrons. The van der Waals surface area contributed by atoms with Crippen molar-refractivity contribution in [2.45, 2.75) is 19.8 Å². The summed E-state index contributed by atoms with van der Waals surface area (Å²) in [5.74, 6) is 0.517. The number of hydrogen-bond acceptors (Lipinski definition) is 1. The van der Waals surface area contributed by atoms with E-state index in [1.54, 1.807) is 0 Å². The molecule has 0 aromatic heterocycles. The first kappa shape index (κ1) is 12.1. The Labute approximate surface area is 103 Å². The van der Waals surface area contributed by atoms with Gasteiger partial charge in [-0.1, -0.05) is 68.4 Å². The number of benzene rings is 2. The molecule has 0 spiro atoms. The van der Waals surface area contributed by atoms with Gasteiger partial charge in [0.15, 0.2) is 0 Å². The molecule has 88 valence electrons. The van der Waals surface area contributed by atoms with Gasteiger partial charge in [-0.3, -0.25) is 0 Å². The van der Waals surface area contributed by atoms with Gasteiger partial charge in [-0.15, -0.1) is 0 Å². The third-order valence-electron chi connectivity index (χ3n) is 2.88. The molecular weight excluding hydrogens is 227 g/mol. The van der Waals surface area contributed by atoms with Crippen LogP contribution >= 0.6 is 7.80 Å². The summed E-state index contributed by atoms with van der Waals surface area (Å²) in [5, 5.41) is 1.86. The molecule has 1 nitrogen and oxygen atoms in total. The molecule has 0 saturated heterocycles. The van der Waals surface area contributed by atoms with Crippen LogP contribution in [0.5, 0.6) is 0 Å². The van der Waals surface area contributed by atoms with Crippen molar-refractivity contribution in [3.05, 3.63) is 60.2 Å². The summed E-state index contributed by atoms with van der Waals surface area (Å²) in [6.07, 6.45) is 0. The predicted octanol–water partition coefficient (Wildman–Crippen LogP) is 3.32. The summed E-state index contributed by atoms with van der Waals surface area (Å²) in [7, 11) is -1.84. The van der Waals surface area contributed by atoms with Crippen LogP contribution in [0.25, 0.3) is 0 Å². The molecule has 1 atom stereocenters. The van der Waals surface area contributed by atoms with Crippen molar-refractivity contribution < 1.29 is 4.57 Å². The van der Waals surface area contributed by atoms with Crippen LogP contribution in [0.2, 0.25) is 0 Å². The molecule has 1 unspecified atom stereocenters. The van der Waals surface area contributed by atoms with Crippen molar-refractivity contribution in [2.24, 2.45) is 0 Å². The van der Waals surface area contributed by atoms with E-state index in [-0.39, 0.29) is 0 Å². The average molecular weight is 244 g/mol. The molecule has 2 heteroatoms. The lowest BCUT2D eigenvalue weighted by molar-refractivity contribution is 0.598. The van der Waals surface area contributed by atoms with E-state index in [2.05, 4.69) is 26.0 Å². The van der Waals surface area contributed by atoms with Gasteiger partial charge in [0.1, 0.15) is 7.80 Å². The summed E-state index contributed by atoms with van der Waals surface area (Å²) < 4.78 is 12.3. The van der Waals surface area contributed by atoms with E-state index < -0.39 is 7.80 Å². The van der Waals surface area contributed by atoms with Crippen LogP contribution in [-0.4, -0.2) is 0 Å². The maximum atomic E-state index is 12.3. The van der Waals surface area contributed by atoms with Crippen LogP contribution in [-0.2, 0) is 4.57 Å². The molecule has 0 aliphatic carbocycles. The second-order valence-electron chi connectivity index (χ2n) is 4.47. The largest absolute Gasteiger partial charge is 0.317 e. The van der Waals surface area contributed by atoms with Gasteiger partial charge >= 0.3 is 0 Å². The van der Waals surface area contributed by atoms with Gasteiger partial charge in [0.2, 0.25) is 0 Å². The molecule has 0 heterocycles. The first-order valence-corrected chi connectivity index (χ1v) is 7.29. The van der Waals surface area contributed by atoms with Gasteiger partial charge in [-0.05, 0) is 11.5 Å². The van der Waals surface area contributed by atoms with Crippen molar-refractivity contribution in [3.8, 4) is 0 Å². The highest BCUT2D eigenvalue weighted by atomic mass is 31.1. The Kier molecular flexibility index (Phi) is 3.81. The fourth-order valence-corrected chi connectivity index (χ4v) is 3.07. The highest BCUT2D eigenvalue weighted by Gasteiger charge is 2.06. The van der Waals surface area contributed by atoms with Crippen LogP contribution < -0.4 is 10.6 Å². The maximum Gasteiger partial charge on any atom is 0.131 e. The zero-order valence-electron chi connectivity index (χ0n) is 10.2. The summed E-state index contributed by atoms with van der Waals surface area (Å²) >= 11 is 0. The van der Waals surface area contributed by atoms with E-state index in [1.165, 1.54) is 5.56 Å². The Morgan fingerprint density at radius 2 is 1.35 bits per heavy atom. The molecule has 0 fully saturated rings. The summed E-state index contributed by atoms with van der Waals surface area (Å²) in [6, 6.07) is 17.8. The van der Waals surface area contributed by atoms with Crippen molar-refractivity contribution in [1.82, 2.24) is 0 Å². The zero-order chi connectivity index (χ0) is 12.3. The first-order valence-electron chi connectivity index (χ1n) is 5.88. The Bertz CT molecular complexity index is 500. The Hall–Kier alpha value is -1.33. The quantitative estimate of drug-likeness (QED) is 0.757. The molecule has 2 aromatic carbocycles. The fourth-order valence-electron chi connectivity index (χ4n) is 1.78. The molecule has 17 heavy (non-hydrogen) atoms. The smallest absolute Gasteiger partial charge is 0.131 e. The van der Waals surface area contributed by atoms with E-state index in [0.29, 0.717) is 5.92 Å². The Morgan fingerprint density at radius 1 is 0.824 bits per heavy atom. The van der Waals surface area contributed by atoms with E-state index in [9.17, 15) is 4.57 Å². The topological polar surface area (TPSA) is 17.1 Å². The second kappa shape index (κ2) is 5.33. The third kappa shape index (κ3) is 2.87. The van der Waals surface area contributed by atoms with Gasteiger partial charge in [0.05, 0.1) is 0 Å². The predicted molar refractivity (Wildman–Crippen MR) is 75.2 cm³/mol. The molecule has 0 aliphatic heterocycles. The molecule has 2 aromatic rings. The first-order chi connectivity index (χ1) is 8.18. The van der Waals surface area contributed by atoms with Crippen molar-refractivity contribution in [2.75, 3.05) is 0 Å². The lowest BCUT2D eigenvalue weighted by Crippen LogP contribution is -2.06. The van der Waals surface area contributed by atoms with Gasteiger partial charge in [0.25, 0.3) is 0 Å². The minimum absolute atomic E-state index is 0.517. The number of hydrogen-bond donors (Lipinski definition) is 0. The van der Waals surface area contributed by atoms with Gasteiger partial charge in [-0.25, -0.2) is 0 Å². The SMILES string of the molecule is CC(C)c1ccc([PH](=O)c2ccccc2)cc1. The lowest BCUT2D eigenvalue weighted by atomic mass is 10.0. The van der Waals surface area contributed by atoms with Crippen molar-refractivity contribution in [3.63, 3.8) is 0 Å². The van der Waals surface area contributed by atoms with E-state index >= 15 is 0 Å². The lowest BCUT2D eigenvalue weighted by Gasteiger charge is -2.07. The molecule has 0 bridgehead atoms. The number of rotatable bonds is 3. The normalized spacial score (nSPS) is 12.6. The van der Waals surface area contributed by atoms with Gasteiger partial charge < -0.3 is 4.57 Å². The summed E-state index contributed by atoms with van der Waals surface area (Å²) in [6.45, 7) is 4.32. The van der Waals surface area contributed by atoms with Crippen molar-refractivity contribution in [1.29, 1.82) is 0 Å². The molecular formula is C15H17OP. The van der Waals surface area contributed by atoms with Crippen LogP contribution in [0.15, 0.2) is 54.6 Å². The zero-order valence-corrected chi connectivity index (χ0v) is 11.2. The standard InChI is InChI=1S/C15H17OP/c1-12(2)13-8-10-15(11-9-13)17(16)14-6-4-3-5-7-14/h3-12,17H,1-2H3. The molecule has 0 amide bonds. The molecule has 0 aliphatic rings.